The van der Waals surface area contributed by atoms with Crippen molar-refractivity contribution < 1.29 is 14.4 Å². The van der Waals surface area contributed by atoms with E-state index in [0.717, 1.165) is 5.56 Å². The Hall–Kier alpha value is -2.37. The van der Waals surface area contributed by atoms with Crippen molar-refractivity contribution in [3.8, 4) is 0 Å². The third-order valence-corrected chi connectivity index (χ3v) is 5.65. The van der Waals surface area contributed by atoms with Crippen LogP contribution in [0.25, 0.3) is 0 Å². The van der Waals surface area contributed by atoms with Gasteiger partial charge in [-0.05, 0) is 12.5 Å². The Kier molecular flexibility index (Phi) is 5.82. The number of hydrogen-bond acceptors (Lipinski definition) is 3. The third kappa shape index (κ3) is 4.15. The Morgan fingerprint density at radius 1 is 0.963 bits per heavy atom. The van der Waals surface area contributed by atoms with Crippen LogP contribution in [0.1, 0.15) is 38.8 Å². The number of carbonyl (C=O) groups is 3. The summed E-state index contributed by atoms with van der Waals surface area (Å²) in [6.07, 6.45) is 0.279. The van der Waals surface area contributed by atoms with Gasteiger partial charge in [0.15, 0.2) is 0 Å². The van der Waals surface area contributed by atoms with Gasteiger partial charge in [0.05, 0.1) is 12.0 Å². The first-order valence-electron chi connectivity index (χ1n) is 9.80. The molecule has 2 saturated heterocycles. The smallest absolute Gasteiger partial charge is 0.228 e. The molecule has 0 spiro atoms. The number of hydrogen-bond donors (Lipinski definition) is 0. The molecule has 0 radical (unpaired) electrons. The SMILES string of the molecule is CC(C)C(=O)N1CCN(C(=O)[C@@H]2CC(=O)N([C@H](C)c3ccccc3)C2)CC1. The number of rotatable bonds is 4. The molecule has 6 nitrogen and oxygen atoms in total. The van der Waals surface area contributed by atoms with Crippen LogP contribution in [-0.4, -0.2) is 65.1 Å². The average molecular weight is 371 g/mol. The quantitative estimate of drug-likeness (QED) is 0.812. The largest absolute Gasteiger partial charge is 0.339 e. The molecule has 1 aromatic rings. The monoisotopic (exact) mass is 371 g/mol. The number of nitrogens with zero attached hydrogens (tertiary/aromatic N) is 3. The molecule has 2 aliphatic heterocycles. The maximum absolute atomic E-state index is 12.9. The molecule has 0 aliphatic carbocycles. The summed E-state index contributed by atoms with van der Waals surface area (Å²) in [5.41, 5.74) is 1.08. The molecule has 2 fully saturated rings. The molecule has 146 valence electrons. The van der Waals surface area contributed by atoms with Crippen molar-refractivity contribution in [3.05, 3.63) is 35.9 Å². The number of piperazine rings is 1. The normalized spacial score (nSPS) is 21.7. The molecule has 1 aromatic carbocycles. The molecule has 2 aliphatic rings. The molecular formula is C21H29N3O3. The summed E-state index contributed by atoms with van der Waals surface area (Å²) in [6, 6.07) is 9.88. The first-order valence-corrected chi connectivity index (χ1v) is 9.80. The maximum atomic E-state index is 12.9. The third-order valence-electron chi connectivity index (χ3n) is 5.65. The molecule has 2 heterocycles. The van der Waals surface area contributed by atoms with Gasteiger partial charge in [0.2, 0.25) is 17.7 Å². The molecule has 0 aromatic heterocycles. The average Bonchev–Trinajstić information content (AvgIpc) is 3.08. The Labute approximate surface area is 161 Å². The highest BCUT2D eigenvalue weighted by Gasteiger charge is 2.39. The molecule has 3 rings (SSSR count). The second-order valence-electron chi connectivity index (χ2n) is 7.84. The van der Waals surface area contributed by atoms with Gasteiger partial charge in [-0.1, -0.05) is 44.2 Å². The zero-order valence-electron chi connectivity index (χ0n) is 16.4. The summed E-state index contributed by atoms with van der Waals surface area (Å²) in [4.78, 5) is 43.0. The van der Waals surface area contributed by atoms with Crippen molar-refractivity contribution in [2.24, 2.45) is 11.8 Å². The molecular weight excluding hydrogens is 342 g/mol. The lowest BCUT2D eigenvalue weighted by Gasteiger charge is -2.36. The molecule has 0 bridgehead atoms. The fourth-order valence-corrected chi connectivity index (χ4v) is 3.95. The summed E-state index contributed by atoms with van der Waals surface area (Å²) in [7, 11) is 0. The van der Waals surface area contributed by atoms with Crippen LogP contribution in [0.5, 0.6) is 0 Å². The molecule has 0 unspecified atom stereocenters. The lowest BCUT2D eigenvalue weighted by atomic mass is 10.1. The van der Waals surface area contributed by atoms with Crippen molar-refractivity contribution in [2.45, 2.75) is 33.2 Å². The van der Waals surface area contributed by atoms with Gasteiger partial charge in [0.1, 0.15) is 0 Å². The summed E-state index contributed by atoms with van der Waals surface area (Å²) in [6.45, 7) is 8.53. The van der Waals surface area contributed by atoms with E-state index >= 15 is 0 Å². The molecule has 3 amide bonds. The van der Waals surface area contributed by atoms with E-state index in [-0.39, 0.29) is 42.0 Å². The van der Waals surface area contributed by atoms with E-state index in [0.29, 0.717) is 32.7 Å². The standard InChI is InChI=1S/C21H29N3O3/c1-15(2)20(26)22-9-11-23(12-10-22)21(27)18-13-19(25)24(14-18)16(3)17-7-5-4-6-8-17/h4-8,15-16,18H,9-14H2,1-3H3/t16-,18-/m1/s1. The van der Waals surface area contributed by atoms with Crippen LogP contribution in [0.4, 0.5) is 0 Å². The van der Waals surface area contributed by atoms with E-state index in [4.69, 9.17) is 0 Å². The summed E-state index contributed by atoms with van der Waals surface area (Å²) < 4.78 is 0. The van der Waals surface area contributed by atoms with Crippen molar-refractivity contribution in [1.29, 1.82) is 0 Å². The van der Waals surface area contributed by atoms with Gasteiger partial charge in [0, 0.05) is 45.1 Å². The predicted molar refractivity (Wildman–Crippen MR) is 103 cm³/mol. The molecule has 6 heteroatoms. The van der Waals surface area contributed by atoms with Gasteiger partial charge >= 0.3 is 0 Å². The van der Waals surface area contributed by atoms with Crippen LogP contribution in [0.15, 0.2) is 30.3 Å². The van der Waals surface area contributed by atoms with Gasteiger partial charge in [-0.2, -0.15) is 0 Å². The van der Waals surface area contributed by atoms with Crippen LogP contribution in [-0.2, 0) is 14.4 Å². The molecule has 0 N–H and O–H groups in total. The van der Waals surface area contributed by atoms with Gasteiger partial charge in [-0.25, -0.2) is 0 Å². The predicted octanol–water partition coefficient (Wildman–Crippen LogP) is 1.92. The topological polar surface area (TPSA) is 60.9 Å². The summed E-state index contributed by atoms with van der Waals surface area (Å²) >= 11 is 0. The fourth-order valence-electron chi connectivity index (χ4n) is 3.95. The second kappa shape index (κ2) is 8.11. The van der Waals surface area contributed by atoms with E-state index in [9.17, 15) is 14.4 Å². The van der Waals surface area contributed by atoms with E-state index in [1.165, 1.54) is 0 Å². The Morgan fingerprint density at radius 2 is 1.56 bits per heavy atom. The van der Waals surface area contributed by atoms with Gasteiger partial charge in [-0.15, -0.1) is 0 Å². The number of benzene rings is 1. The minimum atomic E-state index is -0.281. The summed E-state index contributed by atoms with van der Waals surface area (Å²) in [5, 5.41) is 0. The van der Waals surface area contributed by atoms with Gasteiger partial charge in [-0.3, -0.25) is 14.4 Å². The molecule has 0 saturated carbocycles. The van der Waals surface area contributed by atoms with Gasteiger partial charge < -0.3 is 14.7 Å². The first-order chi connectivity index (χ1) is 12.9. The lowest BCUT2D eigenvalue weighted by Crippen LogP contribution is -2.53. The van der Waals surface area contributed by atoms with Crippen LogP contribution in [0, 0.1) is 11.8 Å². The zero-order valence-corrected chi connectivity index (χ0v) is 16.4. The zero-order chi connectivity index (χ0) is 19.6. The minimum absolute atomic E-state index is 0.0206. The Balaban J connectivity index is 1.58. The van der Waals surface area contributed by atoms with Crippen molar-refractivity contribution in [3.63, 3.8) is 0 Å². The van der Waals surface area contributed by atoms with Crippen LogP contribution >= 0.6 is 0 Å². The first kappa shape index (κ1) is 19.4. The van der Waals surface area contributed by atoms with Crippen LogP contribution in [0.2, 0.25) is 0 Å². The van der Waals surface area contributed by atoms with Crippen molar-refractivity contribution in [1.82, 2.24) is 14.7 Å². The fraction of sp³-hybridized carbons (Fsp3) is 0.571. The molecule has 2 atom stereocenters. The van der Waals surface area contributed by atoms with E-state index < -0.39 is 0 Å². The van der Waals surface area contributed by atoms with Gasteiger partial charge in [0.25, 0.3) is 0 Å². The highest BCUT2D eigenvalue weighted by molar-refractivity contribution is 5.89. The maximum Gasteiger partial charge on any atom is 0.228 e. The van der Waals surface area contributed by atoms with Crippen LogP contribution < -0.4 is 0 Å². The van der Waals surface area contributed by atoms with Crippen molar-refractivity contribution >= 4 is 17.7 Å². The highest BCUT2D eigenvalue weighted by atomic mass is 16.2. The lowest BCUT2D eigenvalue weighted by molar-refractivity contribution is -0.143. The molecule has 27 heavy (non-hydrogen) atoms. The van der Waals surface area contributed by atoms with Crippen molar-refractivity contribution in [2.75, 3.05) is 32.7 Å². The van der Waals surface area contributed by atoms with E-state index in [2.05, 4.69) is 0 Å². The van der Waals surface area contributed by atoms with Crippen LogP contribution in [0.3, 0.4) is 0 Å². The summed E-state index contributed by atoms with van der Waals surface area (Å²) in [5.74, 6) is -0.0779. The number of amides is 3. The minimum Gasteiger partial charge on any atom is -0.339 e. The highest BCUT2D eigenvalue weighted by Crippen LogP contribution is 2.29. The van der Waals surface area contributed by atoms with E-state index in [1.54, 1.807) is 0 Å². The Bertz CT molecular complexity index is 696. The second-order valence-corrected chi connectivity index (χ2v) is 7.84. The van der Waals surface area contributed by atoms with E-state index in [1.807, 2.05) is 65.8 Å². The number of carbonyl (C=O) groups excluding carboxylic acids is 3. The number of likely N-dealkylation sites (tertiary alicyclic amines) is 1. The Morgan fingerprint density at radius 3 is 2.15 bits per heavy atom.